The standard InChI is InChI=1S/C16H12F3N3O6S/c17-16(18,19)9-3-1-2-4-10(9)21-15(28)20-6-7-5-8(13(24)25)12(29-7)22-11(23)14(26)27/h1-5H,6H2,(H,22,23)(H,24,25)(H,26,27)(H2,20,21,28). The van der Waals surface area contributed by atoms with Crippen LogP contribution in [0.4, 0.5) is 28.7 Å². The quantitative estimate of drug-likeness (QED) is 0.461. The van der Waals surface area contributed by atoms with E-state index >= 15 is 0 Å². The molecule has 0 atom stereocenters. The predicted molar refractivity (Wildman–Crippen MR) is 94.8 cm³/mol. The number of aliphatic carboxylic acids is 1. The van der Waals surface area contributed by atoms with Crippen LogP contribution >= 0.6 is 11.3 Å². The molecule has 0 bridgehead atoms. The number of amides is 3. The number of aromatic carboxylic acids is 1. The van der Waals surface area contributed by atoms with E-state index in [2.05, 4.69) is 5.32 Å². The lowest BCUT2D eigenvalue weighted by molar-refractivity contribution is -0.147. The first-order valence-electron chi connectivity index (χ1n) is 7.60. The van der Waals surface area contributed by atoms with Crippen molar-refractivity contribution < 1.29 is 42.6 Å². The van der Waals surface area contributed by atoms with E-state index in [1.54, 1.807) is 0 Å². The zero-order chi connectivity index (χ0) is 21.8. The van der Waals surface area contributed by atoms with Crippen molar-refractivity contribution in [3.05, 3.63) is 46.3 Å². The highest BCUT2D eigenvalue weighted by Gasteiger charge is 2.33. The molecule has 0 saturated heterocycles. The molecular formula is C16H12F3N3O6S. The first-order valence-corrected chi connectivity index (χ1v) is 8.42. The molecule has 29 heavy (non-hydrogen) atoms. The number of carboxylic acids is 2. The highest BCUT2D eigenvalue weighted by Crippen LogP contribution is 2.34. The van der Waals surface area contributed by atoms with Gasteiger partial charge in [-0.25, -0.2) is 14.4 Å². The van der Waals surface area contributed by atoms with Gasteiger partial charge in [-0.2, -0.15) is 13.2 Å². The third-order valence-corrected chi connectivity index (χ3v) is 4.39. The third-order valence-electron chi connectivity index (χ3n) is 3.34. The maximum absolute atomic E-state index is 12.9. The second kappa shape index (κ2) is 8.60. The molecule has 0 aliphatic rings. The van der Waals surface area contributed by atoms with Crippen LogP contribution in [-0.2, 0) is 22.3 Å². The fourth-order valence-corrected chi connectivity index (χ4v) is 3.09. The lowest BCUT2D eigenvalue weighted by Gasteiger charge is -2.13. The summed E-state index contributed by atoms with van der Waals surface area (Å²) < 4.78 is 38.8. The van der Waals surface area contributed by atoms with Crippen molar-refractivity contribution in [1.29, 1.82) is 0 Å². The fourth-order valence-electron chi connectivity index (χ4n) is 2.11. The lowest BCUT2D eigenvalue weighted by atomic mass is 10.1. The molecule has 1 heterocycles. The van der Waals surface area contributed by atoms with E-state index in [0.717, 1.165) is 24.3 Å². The van der Waals surface area contributed by atoms with Gasteiger partial charge in [-0.15, -0.1) is 11.3 Å². The van der Waals surface area contributed by atoms with E-state index in [-0.39, 0.29) is 16.4 Å². The normalized spacial score (nSPS) is 10.9. The van der Waals surface area contributed by atoms with Crippen LogP contribution in [-0.4, -0.2) is 34.1 Å². The fraction of sp³-hybridized carbons (Fsp3) is 0.125. The molecule has 9 nitrogen and oxygen atoms in total. The van der Waals surface area contributed by atoms with Gasteiger partial charge in [0.1, 0.15) is 5.00 Å². The minimum Gasteiger partial charge on any atom is -0.478 e. The Labute approximate surface area is 164 Å². The topological polar surface area (TPSA) is 145 Å². The second-order valence-electron chi connectivity index (χ2n) is 5.37. The van der Waals surface area contributed by atoms with Gasteiger partial charge in [-0.05, 0) is 18.2 Å². The Balaban J connectivity index is 2.08. The van der Waals surface area contributed by atoms with Gasteiger partial charge in [0, 0.05) is 4.88 Å². The van der Waals surface area contributed by atoms with Gasteiger partial charge < -0.3 is 26.2 Å². The Hall–Kier alpha value is -3.61. The number of urea groups is 1. The highest BCUT2D eigenvalue weighted by atomic mass is 32.1. The van der Waals surface area contributed by atoms with Crippen LogP contribution in [0.1, 0.15) is 20.8 Å². The van der Waals surface area contributed by atoms with E-state index in [9.17, 15) is 32.3 Å². The van der Waals surface area contributed by atoms with Crippen molar-refractivity contribution in [2.75, 3.05) is 10.6 Å². The summed E-state index contributed by atoms with van der Waals surface area (Å²) in [6, 6.07) is 4.44. The summed E-state index contributed by atoms with van der Waals surface area (Å²) in [6.07, 6.45) is -4.68. The summed E-state index contributed by atoms with van der Waals surface area (Å²) in [5, 5.41) is 23.6. The van der Waals surface area contributed by atoms with Crippen LogP contribution in [0, 0.1) is 0 Å². The zero-order valence-corrected chi connectivity index (χ0v) is 15.0. The van der Waals surface area contributed by atoms with E-state index in [4.69, 9.17) is 10.2 Å². The summed E-state index contributed by atoms with van der Waals surface area (Å²) in [7, 11) is 0. The largest absolute Gasteiger partial charge is 0.478 e. The molecule has 0 saturated carbocycles. The lowest BCUT2D eigenvalue weighted by Crippen LogP contribution is -2.29. The molecule has 5 N–H and O–H groups in total. The molecule has 0 aliphatic carbocycles. The summed E-state index contributed by atoms with van der Waals surface area (Å²) in [5.41, 5.74) is -1.91. The average Bonchev–Trinajstić information content (AvgIpc) is 3.02. The van der Waals surface area contributed by atoms with Crippen molar-refractivity contribution in [2.45, 2.75) is 12.7 Å². The number of carboxylic acid groups (broad SMARTS) is 2. The SMILES string of the molecule is O=C(NCc1cc(C(=O)O)c(NC(=O)C(=O)O)s1)Nc1ccccc1C(F)(F)F. The Bertz CT molecular complexity index is 973. The number of para-hydroxylation sites is 1. The molecule has 154 valence electrons. The Morgan fingerprint density at radius 1 is 1.03 bits per heavy atom. The summed E-state index contributed by atoms with van der Waals surface area (Å²) in [6.45, 7) is -0.284. The first kappa shape index (κ1) is 21.7. The molecule has 0 radical (unpaired) electrons. The number of carbonyl (C=O) groups excluding carboxylic acids is 2. The number of carbonyl (C=O) groups is 4. The van der Waals surface area contributed by atoms with Crippen molar-refractivity contribution in [1.82, 2.24) is 5.32 Å². The van der Waals surface area contributed by atoms with Crippen molar-refractivity contribution in [3.63, 3.8) is 0 Å². The molecule has 13 heteroatoms. The minimum atomic E-state index is -4.68. The highest BCUT2D eigenvalue weighted by molar-refractivity contribution is 7.16. The number of alkyl halides is 3. The number of anilines is 2. The molecule has 2 rings (SSSR count). The van der Waals surface area contributed by atoms with Crippen LogP contribution in [0.15, 0.2) is 30.3 Å². The molecular weight excluding hydrogens is 419 g/mol. The summed E-state index contributed by atoms with van der Waals surface area (Å²) in [4.78, 5) is 45.1. The average molecular weight is 431 g/mol. The number of nitrogens with one attached hydrogen (secondary N) is 3. The maximum Gasteiger partial charge on any atom is 0.418 e. The van der Waals surface area contributed by atoms with Crippen molar-refractivity contribution in [2.24, 2.45) is 0 Å². The van der Waals surface area contributed by atoms with Gasteiger partial charge in [0.25, 0.3) is 0 Å². The minimum absolute atomic E-state index is 0.211. The van der Waals surface area contributed by atoms with E-state index in [1.807, 2.05) is 10.6 Å². The number of hydrogen-bond donors (Lipinski definition) is 5. The van der Waals surface area contributed by atoms with Crippen LogP contribution in [0.25, 0.3) is 0 Å². The molecule has 0 aliphatic heterocycles. The first-order chi connectivity index (χ1) is 13.5. The number of hydrogen-bond acceptors (Lipinski definition) is 5. The van der Waals surface area contributed by atoms with Gasteiger partial charge in [-0.3, -0.25) is 4.79 Å². The molecule has 0 unspecified atom stereocenters. The van der Waals surface area contributed by atoms with E-state index < -0.39 is 46.9 Å². The van der Waals surface area contributed by atoms with Crippen molar-refractivity contribution in [3.8, 4) is 0 Å². The van der Waals surface area contributed by atoms with Crippen LogP contribution in [0.5, 0.6) is 0 Å². The summed E-state index contributed by atoms with van der Waals surface area (Å²) >= 11 is 0.691. The molecule has 3 amide bonds. The number of rotatable bonds is 5. The van der Waals surface area contributed by atoms with Gasteiger partial charge >= 0.3 is 30.1 Å². The number of halogens is 3. The van der Waals surface area contributed by atoms with Gasteiger partial charge in [-0.1, -0.05) is 12.1 Å². The molecule has 2 aromatic rings. The number of benzene rings is 1. The van der Waals surface area contributed by atoms with Crippen molar-refractivity contribution >= 4 is 45.9 Å². The summed E-state index contributed by atoms with van der Waals surface area (Å²) in [5.74, 6) is -4.72. The van der Waals surface area contributed by atoms with E-state index in [0.29, 0.717) is 11.3 Å². The van der Waals surface area contributed by atoms with E-state index in [1.165, 1.54) is 6.07 Å². The molecule has 1 aromatic carbocycles. The maximum atomic E-state index is 12.9. The smallest absolute Gasteiger partial charge is 0.418 e. The Morgan fingerprint density at radius 2 is 1.69 bits per heavy atom. The van der Waals surface area contributed by atoms with Crippen LogP contribution in [0.2, 0.25) is 0 Å². The number of thiophene rings is 1. The Kier molecular flexibility index (Phi) is 6.43. The van der Waals surface area contributed by atoms with Crippen LogP contribution in [0.3, 0.4) is 0 Å². The van der Waals surface area contributed by atoms with Gasteiger partial charge in [0.05, 0.1) is 23.4 Å². The second-order valence-corrected chi connectivity index (χ2v) is 6.51. The predicted octanol–water partition coefficient (Wildman–Crippen LogP) is 2.81. The molecule has 0 spiro atoms. The third kappa shape index (κ3) is 5.68. The Morgan fingerprint density at radius 3 is 2.28 bits per heavy atom. The monoisotopic (exact) mass is 431 g/mol. The van der Waals surface area contributed by atoms with Crippen LogP contribution < -0.4 is 16.0 Å². The molecule has 1 aromatic heterocycles. The zero-order valence-electron chi connectivity index (χ0n) is 14.2. The molecule has 0 fully saturated rings. The van der Waals surface area contributed by atoms with Gasteiger partial charge in [0.15, 0.2) is 0 Å². The van der Waals surface area contributed by atoms with Gasteiger partial charge in [0.2, 0.25) is 0 Å².